The summed E-state index contributed by atoms with van der Waals surface area (Å²) in [5, 5.41) is 9.02. The fraction of sp³-hybridized carbons (Fsp3) is 0.375. The summed E-state index contributed by atoms with van der Waals surface area (Å²) in [6, 6.07) is 5.63. The van der Waals surface area contributed by atoms with Crippen LogP contribution in [0.2, 0.25) is 0 Å². The smallest absolute Gasteiger partial charge is 0.311 e. The minimum Gasteiger partial charge on any atom is -0.491 e. The van der Waals surface area contributed by atoms with E-state index in [1.165, 1.54) is 0 Å². The van der Waals surface area contributed by atoms with Crippen molar-refractivity contribution in [2.45, 2.75) is 39.8 Å². The lowest BCUT2D eigenvalue weighted by molar-refractivity contribution is -0.136. The molecule has 0 radical (unpaired) electrons. The van der Waals surface area contributed by atoms with E-state index in [1.807, 2.05) is 43.5 Å². The third kappa shape index (κ3) is 3.62. The Labute approximate surface area is 123 Å². The molecule has 5 heteroatoms. The Morgan fingerprint density at radius 2 is 2.19 bits per heavy atom. The van der Waals surface area contributed by atoms with Crippen molar-refractivity contribution in [2.24, 2.45) is 0 Å². The first-order valence-electron chi connectivity index (χ1n) is 6.89. The first-order valence-corrected chi connectivity index (χ1v) is 6.89. The SMILES string of the molecule is C=C(C)Cn1c(CC(=O)O)nc2cc(OC(C)C)ccc21. The number of ether oxygens (including phenoxy) is 1. The Morgan fingerprint density at radius 1 is 1.48 bits per heavy atom. The standard InChI is InChI=1S/C16H20N2O3/c1-10(2)9-18-14-6-5-12(21-11(3)4)7-13(14)17-15(18)8-16(19)20/h5-7,11H,1,8-9H2,2-4H3,(H,19,20). The molecule has 0 aliphatic carbocycles. The van der Waals surface area contributed by atoms with Crippen LogP contribution in [0.1, 0.15) is 26.6 Å². The van der Waals surface area contributed by atoms with Crippen LogP contribution in [0.4, 0.5) is 0 Å². The highest BCUT2D eigenvalue weighted by Gasteiger charge is 2.14. The van der Waals surface area contributed by atoms with Gasteiger partial charge in [-0.05, 0) is 32.9 Å². The molecule has 1 aromatic carbocycles. The molecule has 0 spiro atoms. The zero-order chi connectivity index (χ0) is 15.6. The Bertz CT molecular complexity index is 686. The summed E-state index contributed by atoms with van der Waals surface area (Å²) in [6.07, 6.45) is -0.0269. The Kier molecular flexibility index (Phi) is 4.31. The van der Waals surface area contributed by atoms with Gasteiger partial charge in [-0.15, -0.1) is 0 Å². The fourth-order valence-electron chi connectivity index (χ4n) is 2.22. The third-order valence-electron chi connectivity index (χ3n) is 2.91. The summed E-state index contributed by atoms with van der Waals surface area (Å²) in [5.74, 6) is 0.369. The van der Waals surface area contributed by atoms with Crippen LogP contribution in [0.15, 0.2) is 30.4 Å². The molecule has 21 heavy (non-hydrogen) atoms. The minimum absolute atomic E-state index is 0.0819. The molecular weight excluding hydrogens is 268 g/mol. The van der Waals surface area contributed by atoms with E-state index in [4.69, 9.17) is 9.84 Å². The molecule has 0 aliphatic rings. The predicted molar refractivity (Wildman–Crippen MR) is 81.7 cm³/mol. The molecule has 0 fully saturated rings. The van der Waals surface area contributed by atoms with E-state index in [9.17, 15) is 4.79 Å². The van der Waals surface area contributed by atoms with Crippen molar-refractivity contribution >= 4 is 17.0 Å². The number of aliphatic carboxylic acids is 1. The molecule has 0 aliphatic heterocycles. The number of carboxylic acids is 1. The molecule has 1 heterocycles. The van der Waals surface area contributed by atoms with Gasteiger partial charge in [-0.1, -0.05) is 12.2 Å². The number of aromatic nitrogens is 2. The summed E-state index contributed by atoms with van der Waals surface area (Å²) in [5.41, 5.74) is 2.58. The summed E-state index contributed by atoms with van der Waals surface area (Å²) in [7, 11) is 0. The molecule has 0 amide bonds. The number of nitrogens with zero attached hydrogens (tertiary/aromatic N) is 2. The summed E-state index contributed by atoms with van der Waals surface area (Å²) in [4.78, 5) is 15.4. The summed E-state index contributed by atoms with van der Waals surface area (Å²) < 4.78 is 7.54. The highest BCUT2D eigenvalue weighted by Crippen LogP contribution is 2.23. The normalized spacial score (nSPS) is 11.0. The van der Waals surface area contributed by atoms with Gasteiger partial charge in [-0.3, -0.25) is 4.79 Å². The second-order valence-electron chi connectivity index (χ2n) is 5.46. The molecule has 5 nitrogen and oxygen atoms in total. The lowest BCUT2D eigenvalue weighted by Gasteiger charge is -2.10. The van der Waals surface area contributed by atoms with Crippen molar-refractivity contribution < 1.29 is 14.6 Å². The quantitative estimate of drug-likeness (QED) is 0.830. The van der Waals surface area contributed by atoms with Crippen LogP contribution >= 0.6 is 0 Å². The first kappa shape index (κ1) is 15.1. The van der Waals surface area contributed by atoms with Crippen molar-refractivity contribution in [2.75, 3.05) is 0 Å². The number of imidazole rings is 1. The maximum absolute atomic E-state index is 11.0. The van der Waals surface area contributed by atoms with E-state index in [2.05, 4.69) is 11.6 Å². The van der Waals surface area contributed by atoms with Crippen molar-refractivity contribution in [3.63, 3.8) is 0 Å². The number of hydrogen-bond donors (Lipinski definition) is 1. The molecule has 2 aromatic rings. The molecule has 0 saturated carbocycles. The van der Waals surface area contributed by atoms with Gasteiger partial charge in [0.2, 0.25) is 0 Å². The Morgan fingerprint density at radius 3 is 2.76 bits per heavy atom. The number of benzene rings is 1. The monoisotopic (exact) mass is 288 g/mol. The molecule has 0 bridgehead atoms. The summed E-state index contributed by atoms with van der Waals surface area (Å²) in [6.45, 7) is 10.3. The van der Waals surface area contributed by atoms with Crippen molar-refractivity contribution in [3.05, 3.63) is 36.2 Å². The largest absolute Gasteiger partial charge is 0.491 e. The van der Waals surface area contributed by atoms with Crippen LogP contribution in [0.3, 0.4) is 0 Å². The van der Waals surface area contributed by atoms with Gasteiger partial charge < -0.3 is 14.4 Å². The molecule has 0 atom stereocenters. The highest BCUT2D eigenvalue weighted by molar-refractivity contribution is 5.79. The van der Waals surface area contributed by atoms with E-state index >= 15 is 0 Å². The fourth-order valence-corrected chi connectivity index (χ4v) is 2.22. The Hall–Kier alpha value is -2.30. The zero-order valence-electron chi connectivity index (χ0n) is 12.6. The van der Waals surface area contributed by atoms with Gasteiger partial charge in [-0.2, -0.15) is 0 Å². The van der Waals surface area contributed by atoms with Crippen LogP contribution in [0.5, 0.6) is 5.75 Å². The number of rotatable bonds is 6. The van der Waals surface area contributed by atoms with Gasteiger partial charge in [0.15, 0.2) is 0 Å². The van der Waals surface area contributed by atoms with Crippen LogP contribution in [-0.4, -0.2) is 26.7 Å². The number of hydrogen-bond acceptors (Lipinski definition) is 3. The van der Waals surface area contributed by atoms with Gasteiger partial charge in [-0.25, -0.2) is 4.98 Å². The van der Waals surface area contributed by atoms with E-state index in [1.54, 1.807) is 0 Å². The average Bonchev–Trinajstić information content (AvgIpc) is 2.64. The molecule has 1 aromatic heterocycles. The number of allylic oxidation sites excluding steroid dienone is 1. The highest BCUT2D eigenvalue weighted by atomic mass is 16.5. The van der Waals surface area contributed by atoms with Gasteiger partial charge >= 0.3 is 5.97 Å². The second-order valence-corrected chi connectivity index (χ2v) is 5.46. The number of carbonyl (C=O) groups is 1. The van der Waals surface area contributed by atoms with E-state index in [-0.39, 0.29) is 12.5 Å². The maximum Gasteiger partial charge on any atom is 0.311 e. The van der Waals surface area contributed by atoms with Gasteiger partial charge in [0.25, 0.3) is 0 Å². The molecule has 2 rings (SSSR count). The van der Waals surface area contributed by atoms with E-state index < -0.39 is 5.97 Å². The van der Waals surface area contributed by atoms with Crippen molar-refractivity contribution in [1.29, 1.82) is 0 Å². The van der Waals surface area contributed by atoms with Gasteiger partial charge in [0.1, 0.15) is 18.0 Å². The second kappa shape index (κ2) is 5.99. The topological polar surface area (TPSA) is 64.4 Å². The van der Waals surface area contributed by atoms with Crippen LogP contribution in [0, 0.1) is 0 Å². The minimum atomic E-state index is -0.896. The zero-order valence-corrected chi connectivity index (χ0v) is 12.6. The average molecular weight is 288 g/mol. The molecular formula is C16H20N2O3. The van der Waals surface area contributed by atoms with E-state index in [0.29, 0.717) is 12.4 Å². The maximum atomic E-state index is 11.0. The van der Waals surface area contributed by atoms with Gasteiger partial charge in [0.05, 0.1) is 17.1 Å². The van der Waals surface area contributed by atoms with Crippen LogP contribution in [-0.2, 0) is 17.8 Å². The third-order valence-corrected chi connectivity index (χ3v) is 2.91. The molecule has 0 unspecified atom stereocenters. The predicted octanol–water partition coefficient (Wildman–Crippen LogP) is 3.03. The summed E-state index contributed by atoms with van der Waals surface area (Å²) >= 11 is 0. The molecule has 112 valence electrons. The van der Waals surface area contributed by atoms with Crippen molar-refractivity contribution in [1.82, 2.24) is 9.55 Å². The van der Waals surface area contributed by atoms with Crippen LogP contribution < -0.4 is 4.74 Å². The van der Waals surface area contributed by atoms with E-state index in [0.717, 1.165) is 22.4 Å². The van der Waals surface area contributed by atoms with Crippen molar-refractivity contribution in [3.8, 4) is 5.75 Å². The number of fused-ring (bicyclic) bond motifs is 1. The number of carboxylic acid groups (broad SMARTS) is 1. The molecule has 0 saturated heterocycles. The lowest BCUT2D eigenvalue weighted by atomic mass is 10.2. The van der Waals surface area contributed by atoms with Crippen LogP contribution in [0.25, 0.3) is 11.0 Å². The molecule has 1 N–H and O–H groups in total. The lowest BCUT2D eigenvalue weighted by Crippen LogP contribution is -2.10. The first-order chi connectivity index (χ1) is 9.86. The Balaban J connectivity index is 2.49. The van der Waals surface area contributed by atoms with Gasteiger partial charge in [0, 0.05) is 12.6 Å².